The van der Waals surface area contributed by atoms with Crippen LogP contribution >= 0.6 is 0 Å². The third-order valence-corrected chi connectivity index (χ3v) is 17.0. The lowest BCUT2D eigenvalue weighted by atomic mass is 9.83. The minimum Gasteiger partial charge on any atom is -0.493 e. The summed E-state index contributed by atoms with van der Waals surface area (Å²) in [5, 5.41) is 9.88. The predicted octanol–water partition coefficient (Wildman–Crippen LogP) is 22.2. The Morgan fingerprint density at radius 1 is 0.382 bits per heavy atom. The molecule has 6 nitrogen and oxygen atoms in total. The van der Waals surface area contributed by atoms with Gasteiger partial charge in [-0.2, -0.15) is 0 Å². The van der Waals surface area contributed by atoms with Crippen molar-refractivity contribution in [1.29, 1.82) is 0 Å². The van der Waals surface area contributed by atoms with Gasteiger partial charge >= 0.3 is 0 Å². The van der Waals surface area contributed by atoms with Crippen LogP contribution in [-0.2, 0) is 20.8 Å². The Bertz CT molecular complexity index is 1290. The van der Waals surface area contributed by atoms with Crippen LogP contribution in [-0.4, -0.2) is 57.0 Å². The van der Waals surface area contributed by atoms with Crippen molar-refractivity contribution < 1.29 is 28.8 Å². The fraction of sp³-hybridized carbons (Fsp3) is 0.914. The summed E-state index contributed by atoms with van der Waals surface area (Å²) in [6.07, 6.45) is 67.8. The molecule has 2 rings (SSSR count). The van der Waals surface area contributed by atoms with Gasteiger partial charge in [0.1, 0.15) is 6.10 Å². The van der Waals surface area contributed by atoms with E-state index in [0.717, 1.165) is 68.8 Å². The number of aliphatic hydroxyl groups is 1. The van der Waals surface area contributed by atoms with Gasteiger partial charge in [0.2, 0.25) is 0 Å². The van der Waals surface area contributed by atoms with Crippen LogP contribution in [0.25, 0.3) is 0 Å². The summed E-state index contributed by atoms with van der Waals surface area (Å²) >= 11 is 0. The van der Waals surface area contributed by atoms with Crippen LogP contribution < -0.4 is 9.47 Å². The van der Waals surface area contributed by atoms with Gasteiger partial charge in [-0.3, -0.25) is 0 Å². The summed E-state index contributed by atoms with van der Waals surface area (Å²) in [5.74, 6) is 1.74. The maximum Gasteiger partial charge on any atom is 0.164 e. The highest BCUT2D eigenvalue weighted by Crippen LogP contribution is 2.36. The normalized spacial score (nSPS) is 16.8. The molecule has 0 radical (unpaired) electrons. The SMILES string of the molecule is CCCCCCCCCCCCCCCCCCOC1CC(COc2c(C)cc(CO)cc2OC)CC(OCCCCCCCCCCCCCCCCCC)C1OCCCCCCCCCCCCCCCCCC. The Morgan fingerprint density at radius 2 is 0.658 bits per heavy atom. The summed E-state index contributed by atoms with van der Waals surface area (Å²) in [6.45, 7) is 11.9. The first-order chi connectivity index (χ1) is 37.6. The Balaban J connectivity index is 1.90. The predicted molar refractivity (Wildman–Crippen MR) is 330 cm³/mol. The van der Waals surface area contributed by atoms with Crippen LogP contribution in [0.5, 0.6) is 11.5 Å². The van der Waals surface area contributed by atoms with E-state index in [1.165, 1.54) is 289 Å². The second-order valence-corrected chi connectivity index (χ2v) is 24.3. The zero-order valence-corrected chi connectivity index (χ0v) is 51.8. The lowest BCUT2D eigenvalue weighted by molar-refractivity contribution is -0.172. The molecule has 1 aliphatic rings. The molecule has 0 amide bonds. The molecule has 1 aromatic rings. The van der Waals surface area contributed by atoms with Crippen molar-refractivity contribution in [3.05, 3.63) is 23.3 Å². The van der Waals surface area contributed by atoms with E-state index in [0.29, 0.717) is 12.4 Å². The molecule has 6 heteroatoms. The molecule has 1 fully saturated rings. The molecule has 1 aromatic carbocycles. The second-order valence-electron chi connectivity index (χ2n) is 24.3. The summed E-state index contributed by atoms with van der Waals surface area (Å²) < 4.78 is 33.2. The van der Waals surface area contributed by atoms with E-state index >= 15 is 0 Å². The highest BCUT2D eigenvalue weighted by molar-refractivity contribution is 5.48. The lowest BCUT2D eigenvalue weighted by Crippen LogP contribution is -2.50. The van der Waals surface area contributed by atoms with Crippen LogP contribution in [0.3, 0.4) is 0 Å². The molecule has 0 saturated heterocycles. The quantitative estimate of drug-likeness (QED) is 0.0656. The van der Waals surface area contributed by atoms with Crippen molar-refractivity contribution in [3.63, 3.8) is 0 Å². The number of hydrogen-bond donors (Lipinski definition) is 1. The zero-order valence-electron chi connectivity index (χ0n) is 51.8. The molecular weight excluding hydrogens is 937 g/mol. The van der Waals surface area contributed by atoms with Crippen LogP contribution in [0.1, 0.15) is 353 Å². The monoisotopic (exact) mass is 1070 g/mol. The van der Waals surface area contributed by atoms with E-state index < -0.39 is 0 Å². The lowest BCUT2D eigenvalue weighted by Gasteiger charge is -2.41. The highest BCUT2D eigenvalue weighted by atomic mass is 16.6. The molecule has 2 atom stereocenters. The van der Waals surface area contributed by atoms with E-state index in [4.69, 9.17) is 23.7 Å². The van der Waals surface area contributed by atoms with Crippen LogP contribution in [0, 0.1) is 12.8 Å². The third kappa shape index (κ3) is 39.9. The van der Waals surface area contributed by atoms with Crippen molar-refractivity contribution in [2.24, 2.45) is 5.92 Å². The molecule has 0 bridgehead atoms. The van der Waals surface area contributed by atoms with Gasteiger partial charge in [0, 0.05) is 19.8 Å². The van der Waals surface area contributed by atoms with Gasteiger partial charge in [0.25, 0.3) is 0 Å². The first kappa shape index (κ1) is 70.8. The second kappa shape index (κ2) is 54.3. The molecule has 0 aromatic heterocycles. The van der Waals surface area contributed by atoms with E-state index in [1.54, 1.807) is 7.11 Å². The van der Waals surface area contributed by atoms with Crippen molar-refractivity contribution in [1.82, 2.24) is 0 Å². The van der Waals surface area contributed by atoms with Crippen LogP contribution in [0.4, 0.5) is 0 Å². The number of benzene rings is 1. The van der Waals surface area contributed by atoms with Gasteiger partial charge in [-0.25, -0.2) is 0 Å². The molecule has 0 aliphatic heterocycles. The van der Waals surface area contributed by atoms with Crippen molar-refractivity contribution in [2.45, 2.75) is 374 Å². The van der Waals surface area contributed by atoms with E-state index in [9.17, 15) is 5.11 Å². The minimum absolute atomic E-state index is 0.00435. The molecule has 1 N–H and O–H groups in total. The number of methoxy groups -OCH3 is 1. The van der Waals surface area contributed by atoms with Gasteiger partial charge in [0.15, 0.2) is 11.5 Å². The van der Waals surface area contributed by atoms with Crippen LogP contribution in [0.15, 0.2) is 12.1 Å². The Labute approximate surface area is 474 Å². The smallest absolute Gasteiger partial charge is 0.164 e. The molecule has 1 aliphatic carbocycles. The molecule has 2 unspecified atom stereocenters. The number of hydrogen-bond acceptors (Lipinski definition) is 6. The molecule has 448 valence electrons. The van der Waals surface area contributed by atoms with Gasteiger partial charge in [-0.05, 0) is 68.2 Å². The Morgan fingerprint density at radius 3 is 0.934 bits per heavy atom. The summed E-state index contributed by atoms with van der Waals surface area (Å²) in [6, 6.07) is 3.91. The largest absolute Gasteiger partial charge is 0.493 e. The topological polar surface area (TPSA) is 66.4 Å². The molecule has 1 saturated carbocycles. The summed E-state index contributed by atoms with van der Waals surface area (Å²) in [7, 11) is 1.69. The Kier molecular flexibility index (Phi) is 50.5. The fourth-order valence-corrected chi connectivity index (χ4v) is 12.0. The molecule has 0 spiro atoms. The molecular formula is C70H132O6. The van der Waals surface area contributed by atoms with E-state index in [-0.39, 0.29) is 30.8 Å². The summed E-state index contributed by atoms with van der Waals surface area (Å²) in [5.41, 5.74) is 1.83. The number of rotatable bonds is 59. The number of unbranched alkanes of at least 4 members (excludes halogenated alkanes) is 45. The zero-order chi connectivity index (χ0) is 54.5. The molecule has 76 heavy (non-hydrogen) atoms. The number of ether oxygens (including phenoxy) is 5. The third-order valence-electron chi connectivity index (χ3n) is 17.0. The first-order valence-electron chi connectivity index (χ1n) is 34.3. The van der Waals surface area contributed by atoms with Gasteiger partial charge in [-0.1, -0.05) is 310 Å². The van der Waals surface area contributed by atoms with Gasteiger partial charge in [-0.15, -0.1) is 0 Å². The number of aliphatic hydroxyl groups excluding tert-OH is 1. The molecule has 0 heterocycles. The maximum absolute atomic E-state index is 9.88. The average Bonchev–Trinajstić information content (AvgIpc) is 3.43. The van der Waals surface area contributed by atoms with Gasteiger partial charge in [0.05, 0.1) is 32.5 Å². The standard InChI is InChI=1S/C70H132O6/c1-6-9-12-15-18-21-24-27-30-33-36-39-42-45-48-51-54-73-67-59-65(62-76-69-63(4)57-64(61-71)58-66(69)72-5)60-68(74-55-52-49-46-43-40-37-34-31-28-25-22-19-16-13-10-7-2)70(67)75-56-53-50-47-44-41-38-35-32-29-26-23-20-17-14-11-8-3/h57-58,65,67-68,70-71H,6-56,59-62H2,1-5H3. The summed E-state index contributed by atoms with van der Waals surface area (Å²) in [4.78, 5) is 0. The van der Waals surface area contributed by atoms with Crippen molar-refractivity contribution >= 4 is 0 Å². The van der Waals surface area contributed by atoms with Crippen molar-refractivity contribution in [2.75, 3.05) is 33.5 Å². The van der Waals surface area contributed by atoms with Gasteiger partial charge < -0.3 is 28.8 Å². The fourth-order valence-electron chi connectivity index (χ4n) is 12.0. The van der Waals surface area contributed by atoms with E-state index in [2.05, 4.69) is 20.8 Å². The average molecular weight is 1070 g/mol. The first-order valence-corrected chi connectivity index (χ1v) is 34.3. The van der Waals surface area contributed by atoms with Crippen molar-refractivity contribution in [3.8, 4) is 11.5 Å². The number of aryl methyl sites for hydroxylation is 1. The minimum atomic E-state index is -0.0465. The highest BCUT2D eigenvalue weighted by Gasteiger charge is 2.40. The maximum atomic E-state index is 9.88. The van der Waals surface area contributed by atoms with Crippen LogP contribution in [0.2, 0.25) is 0 Å². The van der Waals surface area contributed by atoms with E-state index in [1.807, 2.05) is 19.1 Å². The Hall–Kier alpha value is -1.34.